The molecule has 2 atom stereocenters. The topological polar surface area (TPSA) is 46.3 Å². The first-order valence-electron chi connectivity index (χ1n) is 6.73. The molecule has 0 bridgehead atoms. The van der Waals surface area contributed by atoms with E-state index >= 15 is 0 Å². The fourth-order valence-corrected chi connectivity index (χ4v) is 2.88. The molecule has 2 heterocycles. The molecule has 0 saturated carbocycles. The second kappa shape index (κ2) is 5.12. The van der Waals surface area contributed by atoms with Crippen LogP contribution in [0.3, 0.4) is 0 Å². The van der Waals surface area contributed by atoms with E-state index in [0.717, 1.165) is 18.5 Å². The second-order valence-corrected chi connectivity index (χ2v) is 5.35. The van der Waals surface area contributed by atoms with Crippen LogP contribution in [0.15, 0.2) is 4.42 Å². The molecule has 0 spiro atoms. The SMILES string of the molecule is Cc1nc(C)c(CC(=O)N2C(C)CCCC2C)o1. The van der Waals surface area contributed by atoms with Crippen molar-refractivity contribution in [3.63, 3.8) is 0 Å². The van der Waals surface area contributed by atoms with E-state index in [1.165, 1.54) is 6.42 Å². The van der Waals surface area contributed by atoms with Crippen LogP contribution in [-0.4, -0.2) is 27.9 Å². The Kier molecular flexibility index (Phi) is 3.73. The van der Waals surface area contributed by atoms with Crippen molar-refractivity contribution in [3.05, 3.63) is 17.3 Å². The van der Waals surface area contributed by atoms with Crippen molar-refractivity contribution in [3.8, 4) is 0 Å². The molecule has 0 radical (unpaired) electrons. The van der Waals surface area contributed by atoms with Gasteiger partial charge < -0.3 is 9.32 Å². The van der Waals surface area contributed by atoms with Crippen LogP contribution in [0, 0.1) is 13.8 Å². The molecule has 1 aromatic heterocycles. The molecule has 1 aromatic rings. The van der Waals surface area contributed by atoms with Crippen molar-refractivity contribution in [1.82, 2.24) is 9.88 Å². The summed E-state index contributed by atoms with van der Waals surface area (Å²) in [5.74, 6) is 1.51. The molecule has 0 aromatic carbocycles. The van der Waals surface area contributed by atoms with Crippen molar-refractivity contribution in [2.75, 3.05) is 0 Å². The van der Waals surface area contributed by atoms with Gasteiger partial charge in [-0.3, -0.25) is 4.79 Å². The Bertz CT molecular complexity index is 429. The number of hydrogen-bond acceptors (Lipinski definition) is 3. The Hall–Kier alpha value is -1.32. The third kappa shape index (κ3) is 2.57. The number of carbonyl (C=O) groups is 1. The summed E-state index contributed by atoms with van der Waals surface area (Å²) in [6, 6.07) is 0.677. The van der Waals surface area contributed by atoms with Crippen LogP contribution in [0.4, 0.5) is 0 Å². The van der Waals surface area contributed by atoms with Crippen molar-refractivity contribution in [2.45, 2.75) is 65.5 Å². The number of nitrogens with zero attached hydrogens (tertiary/aromatic N) is 2. The van der Waals surface area contributed by atoms with E-state index in [0.29, 0.717) is 30.2 Å². The van der Waals surface area contributed by atoms with Crippen molar-refractivity contribution < 1.29 is 9.21 Å². The number of oxazole rings is 1. The first kappa shape index (κ1) is 13.1. The smallest absolute Gasteiger partial charge is 0.230 e. The molecule has 18 heavy (non-hydrogen) atoms. The number of piperidine rings is 1. The maximum atomic E-state index is 12.4. The largest absolute Gasteiger partial charge is 0.445 e. The number of rotatable bonds is 2. The van der Waals surface area contributed by atoms with Crippen LogP contribution < -0.4 is 0 Å². The zero-order chi connectivity index (χ0) is 13.3. The molecule has 1 aliphatic rings. The summed E-state index contributed by atoms with van der Waals surface area (Å²) < 4.78 is 5.49. The molecular formula is C14H22N2O2. The van der Waals surface area contributed by atoms with Gasteiger partial charge in [-0.1, -0.05) is 0 Å². The molecule has 1 amide bonds. The summed E-state index contributed by atoms with van der Waals surface area (Å²) >= 11 is 0. The molecule has 4 nitrogen and oxygen atoms in total. The first-order valence-corrected chi connectivity index (χ1v) is 6.73. The van der Waals surface area contributed by atoms with Gasteiger partial charge in [0.25, 0.3) is 0 Å². The van der Waals surface area contributed by atoms with E-state index in [-0.39, 0.29) is 5.91 Å². The van der Waals surface area contributed by atoms with E-state index in [4.69, 9.17) is 4.42 Å². The summed E-state index contributed by atoms with van der Waals surface area (Å²) in [6.45, 7) is 7.97. The zero-order valence-corrected chi connectivity index (χ0v) is 11.7. The van der Waals surface area contributed by atoms with Crippen LogP contribution in [0.2, 0.25) is 0 Å². The molecule has 4 heteroatoms. The van der Waals surface area contributed by atoms with Crippen molar-refractivity contribution in [2.24, 2.45) is 0 Å². The summed E-state index contributed by atoms with van der Waals surface area (Å²) in [5, 5.41) is 0. The maximum Gasteiger partial charge on any atom is 0.230 e. The number of likely N-dealkylation sites (tertiary alicyclic amines) is 1. The summed E-state index contributed by atoms with van der Waals surface area (Å²) in [7, 11) is 0. The van der Waals surface area contributed by atoms with E-state index in [1.54, 1.807) is 0 Å². The third-order valence-corrected chi connectivity index (χ3v) is 3.79. The van der Waals surface area contributed by atoms with Gasteiger partial charge in [0.05, 0.1) is 12.1 Å². The Labute approximate surface area is 108 Å². The van der Waals surface area contributed by atoms with Gasteiger partial charge in [0.2, 0.25) is 5.91 Å². The van der Waals surface area contributed by atoms with Crippen LogP contribution in [-0.2, 0) is 11.2 Å². The van der Waals surface area contributed by atoms with Gasteiger partial charge in [-0.15, -0.1) is 0 Å². The standard InChI is InChI=1S/C14H22N2O2/c1-9-6-5-7-10(2)16(9)14(17)8-13-11(3)15-12(4)18-13/h9-10H,5-8H2,1-4H3. The molecular weight excluding hydrogens is 228 g/mol. The lowest BCUT2D eigenvalue weighted by Gasteiger charge is -2.39. The molecule has 1 saturated heterocycles. The normalized spacial score (nSPS) is 24.3. The van der Waals surface area contributed by atoms with E-state index in [1.807, 2.05) is 18.7 Å². The van der Waals surface area contributed by atoms with E-state index < -0.39 is 0 Å². The predicted molar refractivity (Wildman–Crippen MR) is 69.3 cm³/mol. The lowest BCUT2D eigenvalue weighted by molar-refractivity contribution is -0.136. The third-order valence-electron chi connectivity index (χ3n) is 3.79. The van der Waals surface area contributed by atoms with Gasteiger partial charge >= 0.3 is 0 Å². The van der Waals surface area contributed by atoms with Gasteiger partial charge in [-0.25, -0.2) is 4.98 Å². The summed E-state index contributed by atoms with van der Waals surface area (Å²) in [4.78, 5) is 18.6. The second-order valence-electron chi connectivity index (χ2n) is 5.35. The van der Waals surface area contributed by atoms with Crippen LogP contribution in [0.5, 0.6) is 0 Å². The average molecular weight is 250 g/mol. The molecule has 0 aliphatic carbocycles. The van der Waals surface area contributed by atoms with Gasteiger partial charge in [-0.2, -0.15) is 0 Å². The number of carbonyl (C=O) groups excluding carboxylic acids is 1. The quantitative estimate of drug-likeness (QED) is 0.810. The first-order chi connectivity index (χ1) is 8.49. The summed E-state index contributed by atoms with van der Waals surface area (Å²) in [5.41, 5.74) is 0.832. The van der Waals surface area contributed by atoms with E-state index in [2.05, 4.69) is 18.8 Å². The van der Waals surface area contributed by atoms with Crippen LogP contribution in [0.25, 0.3) is 0 Å². The molecule has 2 rings (SSSR count). The molecule has 0 N–H and O–H groups in total. The minimum absolute atomic E-state index is 0.161. The lowest BCUT2D eigenvalue weighted by Crippen LogP contribution is -2.48. The Morgan fingerprint density at radius 1 is 1.33 bits per heavy atom. The number of amides is 1. The molecule has 1 fully saturated rings. The van der Waals surface area contributed by atoms with Gasteiger partial charge in [0.1, 0.15) is 5.76 Å². The van der Waals surface area contributed by atoms with Gasteiger partial charge in [0.15, 0.2) is 5.89 Å². The van der Waals surface area contributed by atoms with Crippen molar-refractivity contribution in [1.29, 1.82) is 0 Å². The van der Waals surface area contributed by atoms with Crippen LogP contribution in [0.1, 0.15) is 50.5 Å². The highest BCUT2D eigenvalue weighted by Gasteiger charge is 2.29. The number of aromatic nitrogens is 1. The Morgan fingerprint density at radius 3 is 2.44 bits per heavy atom. The molecule has 1 aliphatic heterocycles. The number of hydrogen-bond donors (Lipinski definition) is 0. The summed E-state index contributed by atoms with van der Waals surface area (Å²) in [6.07, 6.45) is 3.75. The van der Waals surface area contributed by atoms with Gasteiger partial charge in [0, 0.05) is 19.0 Å². The molecule has 100 valence electrons. The molecule has 2 unspecified atom stereocenters. The fourth-order valence-electron chi connectivity index (χ4n) is 2.88. The predicted octanol–water partition coefficient (Wildman–Crippen LogP) is 2.62. The van der Waals surface area contributed by atoms with Gasteiger partial charge in [-0.05, 0) is 40.0 Å². The fraction of sp³-hybridized carbons (Fsp3) is 0.714. The van der Waals surface area contributed by atoms with E-state index in [9.17, 15) is 4.79 Å². The highest BCUT2D eigenvalue weighted by molar-refractivity contribution is 5.79. The number of aryl methyl sites for hydroxylation is 2. The minimum Gasteiger partial charge on any atom is -0.445 e. The Morgan fingerprint density at radius 2 is 1.94 bits per heavy atom. The monoisotopic (exact) mass is 250 g/mol. The maximum absolute atomic E-state index is 12.4. The van der Waals surface area contributed by atoms with Crippen LogP contribution >= 0.6 is 0 Å². The zero-order valence-electron chi connectivity index (χ0n) is 11.7. The Balaban J connectivity index is 2.09. The highest BCUT2D eigenvalue weighted by atomic mass is 16.4. The van der Waals surface area contributed by atoms with Crippen molar-refractivity contribution >= 4 is 5.91 Å². The highest BCUT2D eigenvalue weighted by Crippen LogP contribution is 2.24. The lowest BCUT2D eigenvalue weighted by atomic mass is 9.97. The average Bonchev–Trinajstić information content (AvgIpc) is 2.57. The minimum atomic E-state index is 0.161.